The van der Waals surface area contributed by atoms with E-state index >= 15 is 0 Å². The summed E-state index contributed by atoms with van der Waals surface area (Å²) in [4.78, 5) is 11.4. The lowest BCUT2D eigenvalue weighted by Gasteiger charge is -2.43. The molecule has 0 aromatic carbocycles. The summed E-state index contributed by atoms with van der Waals surface area (Å²) in [5.74, 6) is -1.89. The number of carbonyl (C=O) groups is 1. The number of nitrogens with zero attached hydrogens (tertiary/aromatic N) is 2. The van der Waals surface area contributed by atoms with Crippen LogP contribution in [0.5, 0.6) is 0 Å². The van der Waals surface area contributed by atoms with Crippen LogP contribution in [0.2, 0.25) is 0 Å². The summed E-state index contributed by atoms with van der Waals surface area (Å²) in [5.41, 5.74) is -2.32. The van der Waals surface area contributed by atoms with Crippen LogP contribution in [0.4, 0.5) is 13.2 Å². The van der Waals surface area contributed by atoms with Crippen LogP contribution in [-0.4, -0.2) is 32.6 Å². The number of hydrogen-bond donors (Lipinski definition) is 1. The molecular formula is C14H17F3N2O3. The molecule has 1 unspecified atom stereocenters. The van der Waals surface area contributed by atoms with Gasteiger partial charge in [0.2, 0.25) is 0 Å². The van der Waals surface area contributed by atoms with Crippen LogP contribution < -0.4 is 0 Å². The van der Waals surface area contributed by atoms with E-state index in [9.17, 15) is 23.1 Å². The summed E-state index contributed by atoms with van der Waals surface area (Å²) in [6.07, 6.45) is -3.13. The molecule has 1 saturated heterocycles. The molecule has 1 saturated carbocycles. The van der Waals surface area contributed by atoms with Crippen molar-refractivity contribution in [3.63, 3.8) is 0 Å². The van der Waals surface area contributed by atoms with Crippen LogP contribution in [0.3, 0.4) is 0 Å². The minimum atomic E-state index is -4.72. The van der Waals surface area contributed by atoms with Gasteiger partial charge in [0, 0.05) is 12.3 Å². The molecule has 3 rings (SSSR count). The third-order valence-corrected chi connectivity index (χ3v) is 4.01. The third-order valence-electron chi connectivity index (χ3n) is 4.01. The van der Waals surface area contributed by atoms with E-state index in [1.54, 1.807) is 0 Å². The molecule has 0 amide bonds. The van der Waals surface area contributed by atoms with Crippen molar-refractivity contribution in [1.29, 1.82) is 0 Å². The molecule has 2 heterocycles. The molecule has 1 atom stereocenters. The van der Waals surface area contributed by atoms with E-state index in [0.29, 0.717) is 19.3 Å². The third kappa shape index (κ3) is 2.71. The maximum atomic E-state index is 13.3. The normalized spacial score (nSPS) is 24.1. The number of rotatable bonds is 4. The zero-order chi connectivity index (χ0) is 16.3. The van der Waals surface area contributed by atoms with Crippen molar-refractivity contribution in [2.24, 2.45) is 0 Å². The van der Waals surface area contributed by atoms with Gasteiger partial charge in [0.15, 0.2) is 5.69 Å². The van der Waals surface area contributed by atoms with Gasteiger partial charge in [0.25, 0.3) is 0 Å². The number of halogens is 3. The molecule has 0 radical (unpaired) electrons. The molecule has 5 nitrogen and oxygen atoms in total. The molecule has 1 aliphatic carbocycles. The second kappa shape index (κ2) is 4.71. The Hall–Kier alpha value is -1.57. The maximum Gasteiger partial charge on any atom is 0.420 e. The van der Waals surface area contributed by atoms with Crippen molar-refractivity contribution in [2.75, 3.05) is 0 Å². The monoisotopic (exact) mass is 318 g/mol. The van der Waals surface area contributed by atoms with Crippen LogP contribution in [0, 0.1) is 0 Å². The number of carboxylic acids is 1. The Labute approximate surface area is 125 Å². The van der Waals surface area contributed by atoms with Crippen LogP contribution >= 0.6 is 0 Å². The van der Waals surface area contributed by atoms with Crippen LogP contribution in [0.1, 0.15) is 60.8 Å². The lowest BCUT2D eigenvalue weighted by molar-refractivity contribution is -0.190. The van der Waals surface area contributed by atoms with Gasteiger partial charge < -0.3 is 9.84 Å². The van der Waals surface area contributed by atoms with Crippen molar-refractivity contribution in [1.82, 2.24) is 9.78 Å². The fraction of sp³-hybridized carbons (Fsp3) is 0.714. The number of ether oxygens (including phenoxy) is 1. The van der Waals surface area contributed by atoms with Gasteiger partial charge in [-0.3, -0.25) is 4.68 Å². The van der Waals surface area contributed by atoms with Crippen molar-refractivity contribution >= 4 is 5.97 Å². The average Bonchev–Trinajstić information content (AvgIpc) is 3.07. The van der Waals surface area contributed by atoms with Gasteiger partial charge in [-0.15, -0.1) is 0 Å². The van der Waals surface area contributed by atoms with Gasteiger partial charge >= 0.3 is 12.1 Å². The predicted molar refractivity (Wildman–Crippen MR) is 69.7 cm³/mol. The van der Waals surface area contributed by atoms with E-state index in [0.717, 1.165) is 4.68 Å². The topological polar surface area (TPSA) is 64.4 Å². The highest BCUT2D eigenvalue weighted by Gasteiger charge is 2.47. The number of alkyl halides is 3. The fourth-order valence-electron chi connectivity index (χ4n) is 3.04. The van der Waals surface area contributed by atoms with Crippen molar-refractivity contribution in [2.45, 2.75) is 63.5 Å². The van der Waals surface area contributed by atoms with Gasteiger partial charge in [-0.2, -0.15) is 18.3 Å². The molecule has 0 spiro atoms. The molecule has 0 bridgehead atoms. The Morgan fingerprint density at radius 3 is 2.45 bits per heavy atom. The van der Waals surface area contributed by atoms with E-state index in [4.69, 9.17) is 4.74 Å². The molecule has 1 aromatic heterocycles. The van der Waals surface area contributed by atoms with Gasteiger partial charge in [-0.05, 0) is 26.7 Å². The average molecular weight is 318 g/mol. The van der Waals surface area contributed by atoms with Crippen LogP contribution in [0.25, 0.3) is 0 Å². The number of hydrogen-bond acceptors (Lipinski definition) is 3. The zero-order valence-electron chi connectivity index (χ0n) is 12.3. The summed E-state index contributed by atoms with van der Waals surface area (Å²) in [7, 11) is 0. The molecule has 1 aliphatic heterocycles. The first-order valence-corrected chi connectivity index (χ1v) is 7.17. The molecule has 2 fully saturated rings. The second-order valence-corrected chi connectivity index (χ2v) is 6.57. The van der Waals surface area contributed by atoms with Gasteiger partial charge in [-0.25, -0.2) is 4.79 Å². The summed E-state index contributed by atoms with van der Waals surface area (Å²) < 4.78 is 46.3. The molecule has 22 heavy (non-hydrogen) atoms. The van der Waals surface area contributed by atoms with Crippen molar-refractivity contribution < 1.29 is 27.8 Å². The van der Waals surface area contributed by atoms with Gasteiger partial charge in [0.1, 0.15) is 5.56 Å². The predicted octanol–water partition coefficient (Wildman–Crippen LogP) is 3.05. The summed E-state index contributed by atoms with van der Waals surface area (Å²) in [6, 6.07) is 0. The van der Waals surface area contributed by atoms with E-state index in [1.807, 2.05) is 13.8 Å². The highest BCUT2D eigenvalue weighted by Crippen LogP contribution is 2.46. The molecule has 122 valence electrons. The number of carboxylic acid groups (broad SMARTS) is 1. The lowest BCUT2D eigenvalue weighted by Crippen LogP contribution is -2.47. The molecule has 1 N–H and O–H groups in total. The Bertz CT molecular complexity index is 610. The summed E-state index contributed by atoms with van der Waals surface area (Å²) in [6.45, 7) is 3.78. The smallest absolute Gasteiger partial charge is 0.420 e. The quantitative estimate of drug-likeness (QED) is 0.927. The second-order valence-electron chi connectivity index (χ2n) is 6.57. The van der Waals surface area contributed by atoms with Gasteiger partial charge in [0.05, 0.1) is 23.9 Å². The van der Waals surface area contributed by atoms with Gasteiger partial charge in [-0.1, -0.05) is 0 Å². The molecule has 8 heteroatoms. The van der Waals surface area contributed by atoms with E-state index in [2.05, 4.69) is 5.10 Å². The molecule has 2 aliphatic rings. The Morgan fingerprint density at radius 1 is 1.45 bits per heavy atom. The van der Waals surface area contributed by atoms with Crippen molar-refractivity contribution in [3.05, 3.63) is 17.0 Å². The van der Waals surface area contributed by atoms with Crippen molar-refractivity contribution in [3.8, 4) is 0 Å². The Morgan fingerprint density at radius 2 is 2.05 bits per heavy atom. The Balaban J connectivity index is 1.97. The maximum absolute atomic E-state index is 13.3. The Kier molecular flexibility index (Phi) is 3.28. The standard InChI is InChI=1S/C14H17F3N2O3/c1-13(2)5-8(22-13)6-19-11(12(20)21)9(14(15,16)17)10(18-19)7-3-4-7/h7-8H,3-6H2,1-2H3,(H,20,21). The van der Waals surface area contributed by atoms with E-state index in [-0.39, 0.29) is 29.9 Å². The summed E-state index contributed by atoms with van der Waals surface area (Å²) in [5, 5.41) is 13.2. The number of aromatic nitrogens is 2. The largest absolute Gasteiger partial charge is 0.477 e. The minimum Gasteiger partial charge on any atom is -0.477 e. The first kappa shape index (κ1) is 15.3. The van der Waals surface area contributed by atoms with E-state index in [1.165, 1.54) is 0 Å². The lowest BCUT2D eigenvalue weighted by atomic mass is 9.93. The SMILES string of the molecule is CC1(C)CC(Cn2nc(C3CC3)c(C(F)(F)F)c2C(=O)O)O1. The molecular weight excluding hydrogens is 301 g/mol. The first-order valence-electron chi connectivity index (χ1n) is 7.17. The van der Waals surface area contributed by atoms with Crippen LogP contribution in [0.15, 0.2) is 0 Å². The first-order chi connectivity index (χ1) is 10.1. The van der Waals surface area contributed by atoms with Crippen LogP contribution in [-0.2, 0) is 17.5 Å². The highest BCUT2D eigenvalue weighted by molar-refractivity contribution is 5.88. The van der Waals surface area contributed by atoms with E-state index < -0.39 is 23.4 Å². The number of aromatic carboxylic acids is 1. The molecule has 1 aromatic rings. The fourth-order valence-corrected chi connectivity index (χ4v) is 3.04. The minimum absolute atomic E-state index is 0.0286. The summed E-state index contributed by atoms with van der Waals surface area (Å²) >= 11 is 0. The highest BCUT2D eigenvalue weighted by atomic mass is 19.4. The zero-order valence-corrected chi connectivity index (χ0v) is 12.3.